The van der Waals surface area contributed by atoms with Crippen LogP contribution in [0.4, 0.5) is 0 Å². The minimum absolute atomic E-state index is 0.429. The SMILES string of the molecule is CSCC[C@@H](O)c1ccccc1Cl. The van der Waals surface area contributed by atoms with E-state index in [2.05, 4.69) is 0 Å². The van der Waals surface area contributed by atoms with Crippen molar-refractivity contribution in [2.75, 3.05) is 12.0 Å². The van der Waals surface area contributed by atoms with Crippen molar-refractivity contribution in [1.82, 2.24) is 0 Å². The van der Waals surface area contributed by atoms with Crippen molar-refractivity contribution < 1.29 is 5.11 Å². The molecular formula is C10H13ClOS. The van der Waals surface area contributed by atoms with Crippen LogP contribution in [0.25, 0.3) is 0 Å². The molecule has 0 heterocycles. The van der Waals surface area contributed by atoms with Crippen molar-refractivity contribution in [2.45, 2.75) is 12.5 Å². The molecule has 0 amide bonds. The van der Waals surface area contributed by atoms with Crippen LogP contribution in [0, 0.1) is 0 Å². The number of halogens is 1. The van der Waals surface area contributed by atoms with Crippen LogP contribution in [-0.2, 0) is 0 Å². The van der Waals surface area contributed by atoms with E-state index in [9.17, 15) is 5.11 Å². The van der Waals surface area contributed by atoms with Gasteiger partial charge in [0.2, 0.25) is 0 Å². The summed E-state index contributed by atoms with van der Waals surface area (Å²) in [4.78, 5) is 0. The molecule has 0 aliphatic carbocycles. The molecule has 0 unspecified atom stereocenters. The van der Waals surface area contributed by atoms with Crippen LogP contribution >= 0.6 is 23.4 Å². The van der Waals surface area contributed by atoms with Crippen molar-refractivity contribution in [3.63, 3.8) is 0 Å². The molecule has 1 N–H and O–H groups in total. The van der Waals surface area contributed by atoms with Gasteiger partial charge in [-0.2, -0.15) is 11.8 Å². The molecule has 0 saturated heterocycles. The molecular weight excluding hydrogens is 204 g/mol. The van der Waals surface area contributed by atoms with E-state index in [1.807, 2.05) is 24.5 Å². The molecule has 1 aromatic rings. The van der Waals surface area contributed by atoms with Crippen LogP contribution in [-0.4, -0.2) is 17.1 Å². The Labute approximate surface area is 88.1 Å². The number of rotatable bonds is 4. The lowest BCUT2D eigenvalue weighted by molar-refractivity contribution is 0.175. The fraction of sp³-hybridized carbons (Fsp3) is 0.400. The first-order valence-electron chi connectivity index (χ1n) is 4.17. The number of hydrogen-bond donors (Lipinski definition) is 1. The maximum atomic E-state index is 9.73. The van der Waals surface area contributed by atoms with Crippen molar-refractivity contribution in [3.8, 4) is 0 Å². The molecule has 0 bridgehead atoms. The van der Waals surface area contributed by atoms with Gasteiger partial charge in [0.25, 0.3) is 0 Å². The van der Waals surface area contributed by atoms with E-state index in [1.54, 1.807) is 17.8 Å². The highest BCUT2D eigenvalue weighted by Gasteiger charge is 2.09. The van der Waals surface area contributed by atoms with Crippen LogP contribution < -0.4 is 0 Å². The number of aliphatic hydroxyl groups excluding tert-OH is 1. The summed E-state index contributed by atoms with van der Waals surface area (Å²) < 4.78 is 0. The second-order valence-corrected chi connectivity index (χ2v) is 4.21. The second-order valence-electron chi connectivity index (χ2n) is 2.82. The number of thioether (sulfide) groups is 1. The van der Waals surface area contributed by atoms with Crippen LogP contribution in [0.1, 0.15) is 18.1 Å². The molecule has 0 radical (unpaired) electrons. The van der Waals surface area contributed by atoms with Crippen LogP contribution in [0.15, 0.2) is 24.3 Å². The van der Waals surface area contributed by atoms with Gasteiger partial charge in [0, 0.05) is 5.02 Å². The topological polar surface area (TPSA) is 20.2 Å². The van der Waals surface area contributed by atoms with Crippen molar-refractivity contribution in [2.24, 2.45) is 0 Å². The van der Waals surface area contributed by atoms with E-state index in [0.717, 1.165) is 17.7 Å². The monoisotopic (exact) mass is 216 g/mol. The first-order chi connectivity index (χ1) is 6.25. The van der Waals surface area contributed by atoms with Gasteiger partial charge >= 0.3 is 0 Å². The third-order valence-electron chi connectivity index (χ3n) is 1.86. The summed E-state index contributed by atoms with van der Waals surface area (Å²) in [5, 5.41) is 10.4. The quantitative estimate of drug-likeness (QED) is 0.835. The minimum Gasteiger partial charge on any atom is -0.388 e. The van der Waals surface area contributed by atoms with Gasteiger partial charge in [0.1, 0.15) is 0 Å². The molecule has 1 nitrogen and oxygen atoms in total. The van der Waals surface area contributed by atoms with E-state index < -0.39 is 6.10 Å². The van der Waals surface area contributed by atoms with Crippen molar-refractivity contribution in [3.05, 3.63) is 34.9 Å². The Balaban J connectivity index is 2.65. The zero-order valence-corrected chi connectivity index (χ0v) is 9.11. The summed E-state index contributed by atoms with van der Waals surface area (Å²) in [6.45, 7) is 0. The van der Waals surface area contributed by atoms with Gasteiger partial charge in [-0.15, -0.1) is 0 Å². The molecule has 0 aromatic heterocycles. The van der Waals surface area contributed by atoms with E-state index in [1.165, 1.54) is 0 Å². The van der Waals surface area contributed by atoms with Gasteiger partial charge < -0.3 is 5.11 Å². The molecule has 0 aliphatic heterocycles. The maximum absolute atomic E-state index is 9.73. The molecule has 1 aromatic carbocycles. The smallest absolute Gasteiger partial charge is 0.0812 e. The van der Waals surface area contributed by atoms with Crippen molar-refractivity contribution in [1.29, 1.82) is 0 Å². The molecule has 1 rings (SSSR count). The summed E-state index contributed by atoms with van der Waals surface area (Å²) in [5.74, 6) is 0.951. The third-order valence-corrected chi connectivity index (χ3v) is 2.85. The fourth-order valence-electron chi connectivity index (χ4n) is 1.13. The summed E-state index contributed by atoms with van der Waals surface area (Å²) >= 11 is 7.66. The number of aliphatic hydroxyl groups is 1. The Hall–Kier alpha value is -0.180. The van der Waals surface area contributed by atoms with Gasteiger partial charge in [-0.05, 0) is 30.1 Å². The fourth-order valence-corrected chi connectivity index (χ4v) is 1.85. The van der Waals surface area contributed by atoms with E-state index >= 15 is 0 Å². The normalized spacial score (nSPS) is 12.8. The Morgan fingerprint density at radius 1 is 1.46 bits per heavy atom. The van der Waals surface area contributed by atoms with Gasteiger partial charge in [-0.1, -0.05) is 29.8 Å². The summed E-state index contributed by atoms with van der Waals surface area (Å²) in [7, 11) is 0. The van der Waals surface area contributed by atoms with Crippen LogP contribution in [0.3, 0.4) is 0 Å². The molecule has 1 atom stereocenters. The van der Waals surface area contributed by atoms with E-state index in [-0.39, 0.29) is 0 Å². The lowest BCUT2D eigenvalue weighted by Gasteiger charge is -2.11. The zero-order valence-electron chi connectivity index (χ0n) is 7.53. The highest BCUT2D eigenvalue weighted by atomic mass is 35.5. The first-order valence-corrected chi connectivity index (χ1v) is 5.94. The van der Waals surface area contributed by atoms with E-state index in [4.69, 9.17) is 11.6 Å². The lowest BCUT2D eigenvalue weighted by atomic mass is 10.1. The number of benzene rings is 1. The summed E-state index contributed by atoms with van der Waals surface area (Å²) in [5.41, 5.74) is 0.832. The second kappa shape index (κ2) is 5.53. The van der Waals surface area contributed by atoms with Crippen LogP contribution in [0.5, 0.6) is 0 Å². The predicted octanol–water partition coefficient (Wildman–Crippen LogP) is 3.13. The molecule has 0 fully saturated rings. The van der Waals surface area contributed by atoms with E-state index in [0.29, 0.717) is 5.02 Å². The van der Waals surface area contributed by atoms with Gasteiger partial charge in [-0.25, -0.2) is 0 Å². The summed E-state index contributed by atoms with van der Waals surface area (Å²) in [6.07, 6.45) is 2.35. The zero-order chi connectivity index (χ0) is 9.68. The van der Waals surface area contributed by atoms with Gasteiger partial charge in [0.15, 0.2) is 0 Å². The highest BCUT2D eigenvalue weighted by Crippen LogP contribution is 2.25. The summed E-state index contributed by atoms with van der Waals surface area (Å²) in [6, 6.07) is 7.43. The average Bonchev–Trinajstić information content (AvgIpc) is 2.15. The minimum atomic E-state index is -0.429. The Morgan fingerprint density at radius 2 is 2.15 bits per heavy atom. The standard InChI is InChI=1S/C10H13ClOS/c1-13-7-6-10(12)8-4-2-3-5-9(8)11/h2-5,10,12H,6-7H2,1H3/t10-/m1/s1. The Morgan fingerprint density at radius 3 is 2.77 bits per heavy atom. The number of hydrogen-bond acceptors (Lipinski definition) is 2. The predicted molar refractivity (Wildman–Crippen MR) is 59.4 cm³/mol. The third kappa shape index (κ3) is 3.22. The first kappa shape index (κ1) is 10.9. The molecule has 3 heteroatoms. The van der Waals surface area contributed by atoms with Crippen LogP contribution in [0.2, 0.25) is 5.02 Å². The average molecular weight is 217 g/mol. The Kier molecular flexibility index (Phi) is 4.64. The molecule has 0 aliphatic rings. The molecule has 13 heavy (non-hydrogen) atoms. The van der Waals surface area contributed by atoms with Crippen molar-refractivity contribution >= 4 is 23.4 Å². The molecule has 0 saturated carbocycles. The van der Waals surface area contributed by atoms with Gasteiger partial charge in [0.05, 0.1) is 6.10 Å². The molecule has 0 spiro atoms. The maximum Gasteiger partial charge on any atom is 0.0812 e. The molecule has 72 valence electrons. The largest absolute Gasteiger partial charge is 0.388 e. The van der Waals surface area contributed by atoms with Gasteiger partial charge in [-0.3, -0.25) is 0 Å². The Bertz CT molecular complexity index is 265. The highest BCUT2D eigenvalue weighted by molar-refractivity contribution is 7.98. The lowest BCUT2D eigenvalue weighted by Crippen LogP contribution is -1.99.